The smallest absolute Gasteiger partial charge is 0.254 e. The highest BCUT2D eigenvalue weighted by Crippen LogP contribution is 2.34. The van der Waals surface area contributed by atoms with E-state index in [0.717, 1.165) is 42.9 Å². The van der Waals surface area contributed by atoms with Crippen LogP contribution in [-0.2, 0) is 0 Å². The molecule has 2 aromatic rings. The molecule has 0 radical (unpaired) electrons. The van der Waals surface area contributed by atoms with Crippen molar-refractivity contribution in [2.24, 2.45) is 5.92 Å². The highest BCUT2D eigenvalue weighted by molar-refractivity contribution is 9.18. The van der Waals surface area contributed by atoms with Crippen LogP contribution >= 0.6 is 27.5 Å². The van der Waals surface area contributed by atoms with Gasteiger partial charge < -0.3 is 15.3 Å². The van der Waals surface area contributed by atoms with Crippen molar-refractivity contribution in [1.29, 1.82) is 0 Å². The summed E-state index contributed by atoms with van der Waals surface area (Å²) in [7, 11) is 1.81. The van der Waals surface area contributed by atoms with Gasteiger partial charge in [-0.15, -0.1) is 0 Å². The number of aromatic nitrogens is 2. The minimum atomic E-state index is -0.486. The van der Waals surface area contributed by atoms with E-state index in [2.05, 4.69) is 36.1 Å². The van der Waals surface area contributed by atoms with E-state index in [4.69, 9.17) is 17.0 Å². The average molecular weight is 440 g/mol. The molecular formula is C18H22BrClN5O+. The van der Waals surface area contributed by atoms with Gasteiger partial charge in [-0.2, -0.15) is 0 Å². The highest BCUT2D eigenvalue weighted by atomic mass is 79.9. The van der Waals surface area contributed by atoms with Gasteiger partial charge in [-0.05, 0) is 36.5 Å². The number of benzene rings is 1. The maximum atomic E-state index is 10.7. The van der Waals surface area contributed by atoms with Gasteiger partial charge in [-0.1, -0.05) is 23.7 Å². The molecule has 1 atom stereocenters. The van der Waals surface area contributed by atoms with Crippen LogP contribution in [0.5, 0.6) is 0 Å². The second-order valence-electron chi connectivity index (χ2n) is 6.34. The van der Waals surface area contributed by atoms with Gasteiger partial charge in [0.15, 0.2) is 0 Å². The van der Waals surface area contributed by atoms with Gasteiger partial charge >= 0.3 is 0 Å². The normalized spacial score (nSPS) is 16.4. The summed E-state index contributed by atoms with van der Waals surface area (Å²) in [6, 6.07) is 7.41. The first-order valence-corrected chi connectivity index (χ1v) is 9.68. The molecule has 2 heterocycles. The third kappa shape index (κ3) is 4.00. The number of nitrogens with one attached hydrogen (secondary N) is 1. The third-order valence-corrected chi connectivity index (χ3v) is 5.45. The largest absolute Gasteiger partial charge is 0.388 e. The van der Waals surface area contributed by atoms with Gasteiger partial charge in [0.2, 0.25) is 0 Å². The summed E-state index contributed by atoms with van der Waals surface area (Å²) in [5.41, 5.74) is 1.68. The van der Waals surface area contributed by atoms with E-state index in [0.29, 0.717) is 15.5 Å². The van der Waals surface area contributed by atoms with E-state index in [1.807, 2.05) is 24.3 Å². The first kappa shape index (κ1) is 19.1. The Kier molecular flexibility index (Phi) is 6.11. The van der Waals surface area contributed by atoms with Gasteiger partial charge in [-0.3, -0.25) is 0 Å². The van der Waals surface area contributed by atoms with Crippen LogP contribution in [0, 0.1) is 5.92 Å². The molecule has 0 bridgehead atoms. The molecule has 1 unspecified atom stereocenters. The van der Waals surface area contributed by atoms with Crippen LogP contribution in [0.3, 0.4) is 0 Å². The number of piperidine rings is 1. The van der Waals surface area contributed by atoms with Crippen molar-refractivity contribution in [2.45, 2.75) is 18.9 Å². The molecule has 6 nitrogen and oxygen atoms in total. The quantitative estimate of drug-likeness (QED) is 0.621. The number of aliphatic hydroxyl groups is 1. The Balaban J connectivity index is 1.73. The molecular weight excluding hydrogens is 418 g/mol. The Hall–Kier alpha value is -1.70. The summed E-state index contributed by atoms with van der Waals surface area (Å²) in [4.78, 5) is 10.9. The number of aliphatic hydroxyl groups excluding tert-OH is 1. The Morgan fingerprint density at radius 3 is 2.54 bits per heavy atom. The number of halogens is 2. The summed E-state index contributed by atoms with van der Waals surface area (Å²) < 4.78 is 0.501. The first-order chi connectivity index (χ1) is 12.5. The van der Waals surface area contributed by atoms with E-state index in [9.17, 15) is 5.11 Å². The van der Waals surface area contributed by atoms with Crippen molar-refractivity contribution in [3.8, 4) is 0 Å². The molecule has 1 saturated heterocycles. The predicted molar refractivity (Wildman–Crippen MR) is 108 cm³/mol. The van der Waals surface area contributed by atoms with E-state index < -0.39 is 6.10 Å². The summed E-state index contributed by atoms with van der Waals surface area (Å²) >= 11 is 9.29. The SMILES string of the molecule is CNc1ncnc(N2CCC(C(O)c3ccc(Cl)cc3)CC2)c1C(=[NH2+])Br. The minimum Gasteiger partial charge on any atom is -0.388 e. The molecule has 0 saturated carbocycles. The molecule has 0 amide bonds. The van der Waals surface area contributed by atoms with E-state index in [1.165, 1.54) is 6.33 Å². The number of rotatable bonds is 5. The summed E-state index contributed by atoms with van der Waals surface area (Å²) in [5, 5.41) is 20.4. The lowest BCUT2D eigenvalue weighted by molar-refractivity contribution is -0.106. The molecule has 0 spiro atoms. The zero-order valence-electron chi connectivity index (χ0n) is 14.5. The molecule has 0 aliphatic carbocycles. The zero-order valence-corrected chi connectivity index (χ0v) is 16.8. The van der Waals surface area contributed by atoms with E-state index >= 15 is 0 Å². The van der Waals surface area contributed by atoms with Crippen molar-refractivity contribution in [3.63, 3.8) is 0 Å². The zero-order chi connectivity index (χ0) is 18.7. The Labute approximate surface area is 166 Å². The summed E-state index contributed by atoms with van der Waals surface area (Å²) in [5.74, 6) is 1.69. The standard InChI is InChI=1S/C18H21BrClN5O/c1-22-17-14(16(19)21)18(24-10-23-17)25-8-6-12(7-9-25)15(26)11-2-4-13(20)5-3-11/h2-5,10,12,15,21,26H,6-9H2,1H3,(H,22,23,24)/p+1. The van der Waals surface area contributed by atoms with Crippen LogP contribution < -0.4 is 15.6 Å². The first-order valence-electron chi connectivity index (χ1n) is 8.50. The van der Waals surface area contributed by atoms with Crippen molar-refractivity contribution >= 4 is 43.8 Å². The van der Waals surface area contributed by atoms with Crippen LogP contribution in [0.1, 0.15) is 30.1 Å². The Morgan fingerprint density at radius 2 is 1.96 bits per heavy atom. The molecule has 4 N–H and O–H groups in total. The lowest BCUT2D eigenvalue weighted by atomic mass is 9.87. The van der Waals surface area contributed by atoms with Crippen LogP contribution in [0.25, 0.3) is 0 Å². The van der Waals surface area contributed by atoms with Crippen molar-refractivity contribution < 1.29 is 10.5 Å². The minimum absolute atomic E-state index is 0.201. The number of nitrogens with zero attached hydrogens (tertiary/aromatic N) is 3. The topological polar surface area (TPSA) is 86.9 Å². The van der Waals surface area contributed by atoms with Crippen LogP contribution in [0.15, 0.2) is 30.6 Å². The average Bonchev–Trinajstić information content (AvgIpc) is 2.67. The summed E-state index contributed by atoms with van der Waals surface area (Å²) in [6.45, 7) is 1.59. The Morgan fingerprint density at radius 1 is 1.31 bits per heavy atom. The fourth-order valence-corrected chi connectivity index (χ4v) is 3.88. The number of nitrogens with two attached hydrogens (primary N) is 1. The van der Waals surface area contributed by atoms with Crippen molar-refractivity contribution in [3.05, 3.63) is 46.7 Å². The molecule has 1 aliphatic rings. The predicted octanol–water partition coefficient (Wildman–Crippen LogP) is 2.02. The number of anilines is 2. The molecule has 3 rings (SSSR count). The summed E-state index contributed by atoms with van der Waals surface area (Å²) in [6.07, 6.45) is 2.78. The van der Waals surface area contributed by atoms with E-state index in [1.54, 1.807) is 7.05 Å². The fourth-order valence-electron chi connectivity index (χ4n) is 3.38. The second kappa shape index (κ2) is 8.33. The molecule has 1 fully saturated rings. The van der Waals surface area contributed by atoms with Gasteiger partial charge in [-0.25, -0.2) is 15.4 Å². The molecule has 8 heteroatoms. The molecule has 26 heavy (non-hydrogen) atoms. The molecule has 1 aromatic heterocycles. The number of hydrogen-bond acceptors (Lipinski definition) is 5. The lowest BCUT2D eigenvalue weighted by Gasteiger charge is -2.35. The van der Waals surface area contributed by atoms with Crippen LogP contribution in [-0.4, -0.2) is 39.8 Å². The Bertz CT molecular complexity index is 778. The molecule has 138 valence electrons. The monoisotopic (exact) mass is 438 g/mol. The maximum absolute atomic E-state index is 10.7. The number of hydrogen-bond donors (Lipinski definition) is 3. The highest BCUT2D eigenvalue weighted by Gasteiger charge is 2.29. The van der Waals surface area contributed by atoms with Crippen LogP contribution in [0.4, 0.5) is 11.6 Å². The van der Waals surface area contributed by atoms with Crippen molar-refractivity contribution in [2.75, 3.05) is 30.4 Å². The molecule has 1 aliphatic heterocycles. The second-order valence-corrected chi connectivity index (χ2v) is 7.63. The van der Waals surface area contributed by atoms with Gasteiger partial charge in [0.05, 0.1) is 6.10 Å². The van der Waals surface area contributed by atoms with Gasteiger partial charge in [0.1, 0.15) is 23.5 Å². The van der Waals surface area contributed by atoms with E-state index in [-0.39, 0.29) is 5.92 Å². The molecule has 1 aromatic carbocycles. The maximum Gasteiger partial charge on any atom is 0.254 e. The van der Waals surface area contributed by atoms with Crippen molar-refractivity contribution in [1.82, 2.24) is 9.97 Å². The lowest BCUT2D eigenvalue weighted by Crippen LogP contribution is -2.41. The van der Waals surface area contributed by atoms with Crippen LogP contribution in [0.2, 0.25) is 5.02 Å². The van der Waals surface area contributed by atoms with Gasteiger partial charge in [0, 0.05) is 41.1 Å². The van der Waals surface area contributed by atoms with Gasteiger partial charge in [0.25, 0.3) is 4.62 Å². The third-order valence-electron chi connectivity index (χ3n) is 4.80. The fraction of sp³-hybridized carbons (Fsp3) is 0.389.